The first-order chi connectivity index (χ1) is 8.43. The third-order valence-corrected chi connectivity index (χ3v) is 2.58. The van der Waals surface area contributed by atoms with Crippen molar-refractivity contribution in [2.24, 2.45) is 7.05 Å². The minimum Gasteiger partial charge on any atom is -0.481 e. The molecule has 0 saturated heterocycles. The molecule has 0 aliphatic heterocycles. The number of hydrogen-bond acceptors (Lipinski definition) is 5. The fraction of sp³-hybridized carbons (Fsp3) is 0.600. The highest BCUT2D eigenvalue weighted by atomic mass is 16.6. The molecule has 8 nitrogen and oxygen atoms in total. The fourth-order valence-electron chi connectivity index (χ4n) is 1.53. The number of nitrogens with zero attached hydrogens (tertiary/aromatic N) is 3. The number of aliphatic carboxylic acids is 1. The van der Waals surface area contributed by atoms with Crippen LogP contribution in [0.25, 0.3) is 0 Å². The minimum atomic E-state index is -0.836. The van der Waals surface area contributed by atoms with Crippen molar-refractivity contribution in [3.05, 3.63) is 15.9 Å². The number of nitrogens with one attached hydrogen (secondary N) is 1. The van der Waals surface area contributed by atoms with Crippen molar-refractivity contribution in [3.63, 3.8) is 0 Å². The molecule has 0 spiro atoms. The molecule has 0 aromatic carbocycles. The van der Waals surface area contributed by atoms with Gasteiger partial charge in [-0.15, -0.1) is 0 Å². The molecular formula is C10H16N4O4. The fourth-order valence-corrected chi connectivity index (χ4v) is 1.53. The maximum Gasteiger partial charge on any atom is 0.406 e. The van der Waals surface area contributed by atoms with Gasteiger partial charge in [-0.25, -0.2) is 0 Å². The number of carboxylic acids is 1. The van der Waals surface area contributed by atoms with Crippen LogP contribution in [-0.2, 0) is 11.8 Å². The van der Waals surface area contributed by atoms with E-state index in [0.717, 1.165) is 0 Å². The molecule has 0 atom stereocenters. The lowest BCUT2D eigenvalue weighted by Gasteiger charge is -2.05. The van der Waals surface area contributed by atoms with Crippen LogP contribution in [-0.4, -0.2) is 32.1 Å². The predicted molar refractivity (Wildman–Crippen MR) is 64.6 cm³/mol. The van der Waals surface area contributed by atoms with E-state index in [4.69, 9.17) is 5.11 Å². The Labute approximate surface area is 104 Å². The molecule has 1 rings (SSSR count). The van der Waals surface area contributed by atoms with Crippen molar-refractivity contribution in [1.82, 2.24) is 9.55 Å². The molecule has 18 heavy (non-hydrogen) atoms. The Morgan fingerprint density at radius 1 is 1.56 bits per heavy atom. The quantitative estimate of drug-likeness (QED) is 0.432. The summed E-state index contributed by atoms with van der Waals surface area (Å²) in [5.41, 5.74) is 0. The van der Waals surface area contributed by atoms with Crippen LogP contribution < -0.4 is 5.32 Å². The van der Waals surface area contributed by atoms with E-state index in [1.165, 1.54) is 0 Å². The Morgan fingerprint density at radius 3 is 2.78 bits per heavy atom. The maximum atomic E-state index is 10.8. The molecule has 0 amide bonds. The summed E-state index contributed by atoms with van der Waals surface area (Å²) in [6, 6.07) is 0. The van der Waals surface area contributed by atoms with Crippen molar-refractivity contribution in [1.29, 1.82) is 0 Å². The van der Waals surface area contributed by atoms with Gasteiger partial charge in [0.15, 0.2) is 0 Å². The summed E-state index contributed by atoms with van der Waals surface area (Å²) >= 11 is 0. The molecule has 1 aromatic rings. The summed E-state index contributed by atoms with van der Waals surface area (Å²) in [7, 11) is 1.69. The molecule has 0 fully saturated rings. The molecule has 0 aliphatic carbocycles. The number of imidazole rings is 1. The smallest absolute Gasteiger partial charge is 0.406 e. The highest BCUT2D eigenvalue weighted by molar-refractivity contribution is 5.66. The van der Waals surface area contributed by atoms with Gasteiger partial charge >= 0.3 is 11.8 Å². The summed E-state index contributed by atoms with van der Waals surface area (Å²) < 4.78 is 1.61. The van der Waals surface area contributed by atoms with Crippen LogP contribution in [0.5, 0.6) is 0 Å². The summed E-state index contributed by atoms with van der Waals surface area (Å²) in [5, 5.41) is 22.2. The lowest BCUT2D eigenvalue weighted by atomic mass is 10.2. The number of nitro groups is 1. The van der Waals surface area contributed by atoms with Crippen molar-refractivity contribution < 1.29 is 14.8 Å². The van der Waals surface area contributed by atoms with Crippen LogP contribution in [0.2, 0.25) is 0 Å². The number of rotatable bonds is 7. The predicted octanol–water partition coefficient (Wildman–Crippen LogP) is 1.30. The van der Waals surface area contributed by atoms with E-state index in [1.807, 2.05) is 0 Å². The van der Waals surface area contributed by atoms with Gasteiger partial charge in [0.05, 0.1) is 0 Å². The number of aromatic nitrogens is 2. The first-order valence-corrected chi connectivity index (χ1v) is 5.57. The lowest BCUT2D eigenvalue weighted by Crippen LogP contribution is -2.08. The topological polar surface area (TPSA) is 110 Å². The molecule has 1 heterocycles. The molecule has 0 bridgehead atoms. The third-order valence-electron chi connectivity index (χ3n) is 2.58. The van der Waals surface area contributed by atoms with E-state index >= 15 is 0 Å². The molecule has 0 saturated carbocycles. The van der Waals surface area contributed by atoms with Gasteiger partial charge in [0, 0.05) is 26.9 Å². The number of unbranched alkanes of at least 4 members (excludes halogenated alkanes) is 1. The third kappa shape index (κ3) is 3.44. The second-order valence-electron chi connectivity index (χ2n) is 3.92. The molecular weight excluding hydrogens is 240 g/mol. The monoisotopic (exact) mass is 256 g/mol. The number of carbonyl (C=O) groups is 1. The van der Waals surface area contributed by atoms with Crippen LogP contribution in [0.3, 0.4) is 0 Å². The number of hydrogen-bond donors (Lipinski definition) is 2. The molecule has 100 valence electrons. The Balaban J connectivity index is 2.56. The number of anilines is 1. The van der Waals surface area contributed by atoms with Gasteiger partial charge in [-0.2, -0.15) is 0 Å². The molecule has 8 heteroatoms. The Morgan fingerprint density at radius 2 is 2.22 bits per heavy atom. The Bertz CT molecular complexity index is 455. The van der Waals surface area contributed by atoms with Crippen LogP contribution in [0, 0.1) is 17.0 Å². The first kappa shape index (κ1) is 13.9. The second kappa shape index (κ2) is 5.99. The SMILES string of the molecule is Cc1nc([N+](=O)[O-])c(NCCCCC(=O)O)n1C. The van der Waals surface area contributed by atoms with Crippen LogP contribution >= 0.6 is 0 Å². The zero-order chi connectivity index (χ0) is 13.7. The van der Waals surface area contributed by atoms with Crippen LogP contribution in [0.4, 0.5) is 11.6 Å². The van der Waals surface area contributed by atoms with Crippen molar-refractivity contribution in [3.8, 4) is 0 Å². The lowest BCUT2D eigenvalue weighted by molar-refractivity contribution is -0.388. The molecule has 1 aromatic heterocycles. The van der Waals surface area contributed by atoms with E-state index in [-0.39, 0.29) is 12.2 Å². The van der Waals surface area contributed by atoms with Crippen molar-refractivity contribution in [2.75, 3.05) is 11.9 Å². The largest absolute Gasteiger partial charge is 0.481 e. The van der Waals surface area contributed by atoms with E-state index in [2.05, 4.69) is 10.3 Å². The van der Waals surface area contributed by atoms with E-state index in [1.54, 1.807) is 18.5 Å². The summed E-state index contributed by atoms with van der Waals surface area (Å²) in [4.78, 5) is 24.4. The molecule has 0 radical (unpaired) electrons. The zero-order valence-corrected chi connectivity index (χ0v) is 10.3. The van der Waals surface area contributed by atoms with E-state index in [9.17, 15) is 14.9 Å². The number of carboxylic acid groups (broad SMARTS) is 1. The average Bonchev–Trinajstić information content (AvgIpc) is 2.56. The maximum absolute atomic E-state index is 10.8. The average molecular weight is 256 g/mol. The normalized spacial score (nSPS) is 10.3. The Kier molecular flexibility index (Phi) is 4.64. The van der Waals surface area contributed by atoms with Gasteiger partial charge < -0.3 is 20.5 Å². The highest BCUT2D eigenvalue weighted by Gasteiger charge is 2.22. The van der Waals surface area contributed by atoms with Gasteiger partial charge in [0.2, 0.25) is 11.6 Å². The number of aryl methyl sites for hydroxylation is 1. The summed E-state index contributed by atoms with van der Waals surface area (Å²) in [6.45, 7) is 2.16. The van der Waals surface area contributed by atoms with Gasteiger partial charge in [-0.1, -0.05) is 0 Å². The standard InChI is InChI=1S/C10H16N4O4/c1-7-12-10(14(17)18)9(13(7)2)11-6-4-3-5-8(15)16/h11H,3-6H2,1-2H3,(H,15,16). The molecule has 0 aliphatic rings. The summed E-state index contributed by atoms with van der Waals surface area (Å²) in [5.74, 6) is -0.131. The van der Waals surface area contributed by atoms with Crippen LogP contribution in [0.1, 0.15) is 25.1 Å². The molecule has 0 unspecified atom stereocenters. The van der Waals surface area contributed by atoms with Gasteiger partial charge in [0.1, 0.15) is 0 Å². The van der Waals surface area contributed by atoms with Gasteiger partial charge in [-0.3, -0.25) is 9.36 Å². The first-order valence-electron chi connectivity index (χ1n) is 5.57. The van der Waals surface area contributed by atoms with Crippen molar-refractivity contribution >= 4 is 17.6 Å². The van der Waals surface area contributed by atoms with Crippen LogP contribution in [0.15, 0.2) is 0 Å². The van der Waals surface area contributed by atoms with Crippen molar-refractivity contribution in [2.45, 2.75) is 26.2 Å². The minimum absolute atomic E-state index is 0.105. The second-order valence-corrected chi connectivity index (χ2v) is 3.92. The van der Waals surface area contributed by atoms with Gasteiger partial charge in [0.25, 0.3) is 0 Å². The van der Waals surface area contributed by atoms with E-state index in [0.29, 0.717) is 31.0 Å². The van der Waals surface area contributed by atoms with E-state index < -0.39 is 10.9 Å². The Hall–Kier alpha value is -2.12. The van der Waals surface area contributed by atoms with Gasteiger partial charge in [-0.05, 0) is 22.7 Å². The summed E-state index contributed by atoms with van der Waals surface area (Å²) in [6.07, 6.45) is 1.27. The molecule has 2 N–H and O–H groups in total. The zero-order valence-electron chi connectivity index (χ0n) is 10.3. The highest BCUT2D eigenvalue weighted by Crippen LogP contribution is 2.23.